The number of aliphatic hydroxyl groups excluding tert-OH is 1. The average molecular weight is 522 g/mol. The maximum absolute atomic E-state index is 13.6. The van der Waals surface area contributed by atoms with Crippen LogP contribution in [0.5, 0.6) is 5.75 Å². The molecule has 1 aliphatic rings. The molecule has 3 aromatic carbocycles. The van der Waals surface area contributed by atoms with Crippen molar-refractivity contribution in [2.45, 2.75) is 18.3 Å². The molecule has 38 heavy (non-hydrogen) atoms. The van der Waals surface area contributed by atoms with Gasteiger partial charge in [0.2, 0.25) is 0 Å². The Morgan fingerprint density at radius 2 is 1.45 bits per heavy atom. The number of β-amino-alcohol motifs (C(OH)–C–C–N with tert-alkyl or cyclic N) is 1. The lowest BCUT2D eigenvalue weighted by molar-refractivity contribution is -0.136. The standard InChI is InChI=1S/C30H30F3N3O2/c31-30(32,33)25-14-15-34-26-12-7-13-27(28(25)26)38-21-24(37)20-35-16-18-36(19-17-35)29(22-8-3-1-4-9-22)23-10-5-2-6-11-23/h1-15,24,29,37H,16-21H2. The summed E-state index contributed by atoms with van der Waals surface area (Å²) in [5.74, 6) is 0.0698. The Labute approximate surface area is 220 Å². The first-order valence-electron chi connectivity index (χ1n) is 12.7. The van der Waals surface area contributed by atoms with Crippen LogP contribution in [0.25, 0.3) is 10.9 Å². The van der Waals surface area contributed by atoms with Crippen LogP contribution in [0.2, 0.25) is 0 Å². The molecule has 0 aliphatic carbocycles. The fourth-order valence-electron chi connectivity index (χ4n) is 5.16. The SMILES string of the molecule is OC(COc1cccc2nccc(C(F)(F)F)c12)CN1CCN(C(c2ccccc2)c2ccccc2)CC1. The van der Waals surface area contributed by atoms with Crippen molar-refractivity contribution in [2.24, 2.45) is 0 Å². The van der Waals surface area contributed by atoms with Gasteiger partial charge in [-0.05, 0) is 29.3 Å². The second-order valence-corrected chi connectivity index (χ2v) is 9.53. The lowest BCUT2D eigenvalue weighted by Gasteiger charge is -2.40. The largest absolute Gasteiger partial charge is 0.490 e. The molecule has 0 saturated carbocycles. The molecule has 4 aromatic rings. The molecule has 0 spiro atoms. The number of alkyl halides is 3. The number of nitrogens with zero attached hydrogens (tertiary/aromatic N) is 3. The van der Waals surface area contributed by atoms with Gasteiger partial charge in [-0.15, -0.1) is 0 Å². The van der Waals surface area contributed by atoms with E-state index in [9.17, 15) is 18.3 Å². The Balaban J connectivity index is 1.21. The molecular formula is C30H30F3N3O2. The number of fused-ring (bicyclic) bond motifs is 1. The maximum atomic E-state index is 13.6. The molecular weight excluding hydrogens is 491 g/mol. The summed E-state index contributed by atoms with van der Waals surface area (Å²) in [5.41, 5.74) is 1.89. The minimum atomic E-state index is -4.53. The molecule has 1 saturated heterocycles. The number of rotatable bonds is 8. The second-order valence-electron chi connectivity index (χ2n) is 9.53. The van der Waals surface area contributed by atoms with Crippen molar-refractivity contribution >= 4 is 10.9 Å². The van der Waals surface area contributed by atoms with Gasteiger partial charge in [-0.3, -0.25) is 14.8 Å². The molecule has 1 unspecified atom stereocenters. The molecule has 5 rings (SSSR count). The van der Waals surface area contributed by atoms with E-state index in [1.54, 1.807) is 6.07 Å². The Hall–Kier alpha value is -3.46. The van der Waals surface area contributed by atoms with Crippen molar-refractivity contribution in [2.75, 3.05) is 39.3 Å². The first kappa shape index (κ1) is 26.2. The smallest absolute Gasteiger partial charge is 0.417 e. The number of hydrogen-bond donors (Lipinski definition) is 1. The molecule has 0 radical (unpaired) electrons. The van der Waals surface area contributed by atoms with Crippen molar-refractivity contribution < 1.29 is 23.0 Å². The third-order valence-electron chi connectivity index (χ3n) is 6.94. The first-order valence-corrected chi connectivity index (χ1v) is 12.7. The van der Waals surface area contributed by atoms with Crippen LogP contribution in [-0.2, 0) is 6.18 Å². The predicted molar refractivity (Wildman–Crippen MR) is 141 cm³/mol. The highest BCUT2D eigenvalue weighted by molar-refractivity contribution is 5.88. The van der Waals surface area contributed by atoms with Crippen molar-refractivity contribution in [1.82, 2.24) is 14.8 Å². The van der Waals surface area contributed by atoms with Gasteiger partial charge >= 0.3 is 6.18 Å². The van der Waals surface area contributed by atoms with E-state index in [0.29, 0.717) is 6.54 Å². The van der Waals surface area contributed by atoms with Crippen LogP contribution in [0.3, 0.4) is 0 Å². The summed E-state index contributed by atoms with van der Waals surface area (Å²) in [6.45, 7) is 3.46. The van der Waals surface area contributed by atoms with Crippen LogP contribution < -0.4 is 4.74 Å². The van der Waals surface area contributed by atoms with E-state index >= 15 is 0 Å². The highest BCUT2D eigenvalue weighted by Crippen LogP contribution is 2.38. The normalized spacial score (nSPS) is 16.1. The second kappa shape index (κ2) is 11.5. The van der Waals surface area contributed by atoms with E-state index in [2.05, 4.69) is 63.3 Å². The monoisotopic (exact) mass is 521 g/mol. The van der Waals surface area contributed by atoms with Crippen molar-refractivity contribution in [3.05, 3.63) is 108 Å². The molecule has 2 heterocycles. The highest BCUT2D eigenvalue weighted by atomic mass is 19.4. The molecule has 8 heteroatoms. The minimum Gasteiger partial charge on any atom is -0.490 e. The van der Waals surface area contributed by atoms with Gasteiger partial charge in [0, 0.05) is 38.9 Å². The molecule has 1 aliphatic heterocycles. The summed E-state index contributed by atoms with van der Waals surface area (Å²) in [6.07, 6.45) is -4.23. The van der Waals surface area contributed by atoms with Gasteiger partial charge in [0.1, 0.15) is 18.5 Å². The molecule has 198 valence electrons. The van der Waals surface area contributed by atoms with E-state index in [1.165, 1.54) is 23.3 Å². The zero-order valence-electron chi connectivity index (χ0n) is 20.9. The molecule has 1 atom stereocenters. The number of halogens is 3. The predicted octanol–water partition coefficient (Wildman–Crippen LogP) is 5.40. The molecule has 0 amide bonds. The topological polar surface area (TPSA) is 48.8 Å². The number of aliphatic hydroxyl groups is 1. The third kappa shape index (κ3) is 5.99. The van der Waals surface area contributed by atoms with Crippen molar-refractivity contribution in [3.63, 3.8) is 0 Å². The molecule has 5 nitrogen and oxygen atoms in total. The zero-order chi connectivity index (χ0) is 26.5. The van der Waals surface area contributed by atoms with Gasteiger partial charge in [0.15, 0.2) is 0 Å². The van der Waals surface area contributed by atoms with E-state index < -0.39 is 17.8 Å². The first-order chi connectivity index (χ1) is 18.4. The number of hydrogen-bond acceptors (Lipinski definition) is 5. The third-order valence-corrected chi connectivity index (χ3v) is 6.94. The fraction of sp³-hybridized carbons (Fsp3) is 0.300. The van der Waals surface area contributed by atoms with Gasteiger partial charge in [-0.25, -0.2) is 0 Å². The van der Waals surface area contributed by atoms with E-state index in [4.69, 9.17) is 4.74 Å². The van der Waals surface area contributed by atoms with E-state index in [1.807, 2.05) is 12.1 Å². The van der Waals surface area contributed by atoms with Crippen LogP contribution in [0, 0.1) is 0 Å². The summed E-state index contributed by atoms with van der Waals surface area (Å²) < 4.78 is 46.4. The number of benzene rings is 3. The highest BCUT2D eigenvalue weighted by Gasteiger charge is 2.34. The summed E-state index contributed by atoms with van der Waals surface area (Å²) in [4.78, 5) is 8.67. The van der Waals surface area contributed by atoms with Crippen LogP contribution in [0.4, 0.5) is 13.2 Å². The van der Waals surface area contributed by atoms with Crippen molar-refractivity contribution in [3.8, 4) is 5.75 Å². The number of piperazine rings is 1. The van der Waals surface area contributed by atoms with Crippen LogP contribution >= 0.6 is 0 Å². The Morgan fingerprint density at radius 3 is 2.05 bits per heavy atom. The van der Waals surface area contributed by atoms with E-state index in [0.717, 1.165) is 38.4 Å². The zero-order valence-corrected chi connectivity index (χ0v) is 20.9. The Kier molecular flexibility index (Phi) is 7.93. The van der Waals surface area contributed by atoms with Crippen molar-refractivity contribution in [1.29, 1.82) is 0 Å². The number of ether oxygens (including phenoxy) is 1. The molecule has 1 fully saturated rings. The number of aromatic nitrogens is 1. The quantitative estimate of drug-likeness (QED) is 0.337. The molecule has 0 bridgehead atoms. The van der Waals surface area contributed by atoms with Crippen LogP contribution in [0.1, 0.15) is 22.7 Å². The minimum absolute atomic E-state index is 0.0698. The van der Waals surface area contributed by atoms with Gasteiger partial charge in [-0.2, -0.15) is 13.2 Å². The molecule has 1 aromatic heterocycles. The van der Waals surface area contributed by atoms with Gasteiger partial charge in [0.05, 0.1) is 22.5 Å². The summed E-state index contributed by atoms with van der Waals surface area (Å²) >= 11 is 0. The van der Waals surface area contributed by atoms with Gasteiger partial charge < -0.3 is 9.84 Å². The Bertz CT molecular complexity index is 1280. The summed E-state index contributed by atoms with van der Waals surface area (Å²) in [6, 6.07) is 26.6. The summed E-state index contributed by atoms with van der Waals surface area (Å²) in [5, 5.41) is 10.6. The maximum Gasteiger partial charge on any atom is 0.417 e. The fourth-order valence-corrected chi connectivity index (χ4v) is 5.16. The van der Waals surface area contributed by atoms with Crippen LogP contribution in [-0.4, -0.2) is 65.3 Å². The molecule has 1 N–H and O–H groups in total. The van der Waals surface area contributed by atoms with E-state index in [-0.39, 0.29) is 29.3 Å². The summed E-state index contributed by atoms with van der Waals surface area (Å²) in [7, 11) is 0. The lowest BCUT2D eigenvalue weighted by Crippen LogP contribution is -2.50. The lowest BCUT2D eigenvalue weighted by atomic mass is 9.96. The van der Waals surface area contributed by atoms with Gasteiger partial charge in [0.25, 0.3) is 0 Å². The average Bonchev–Trinajstić information content (AvgIpc) is 2.93. The Morgan fingerprint density at radius 1 is 0.816 bits per heavy atom. The number of pyridine rings is 1. The van der Waals surface area contributed by atoms with Crippen LogP contribution in [0.15, 0.2) is 91.1 Å². The van der Waals surface area contributed by atoms with Gasteiger partial charge in [-0.1, -0.05) is 66.7 Å².